The number of amides is 4. The third-order valence-electron chi connectivity index (χ3n) is 3.61. The second-order valence-electron chi connectivity index (χ2n) is 5.68. The maximum atomic E-state index is 11.9. The summed E-state index contributed by atoms with van der Waals surface area (Å²) >= 11 is 0. The summed E-state index contributed by atoms with van der Waals surface area (Å²) in [6.45, 7) is 10.7. The van der Waals surface area contributed by atoms with Gasteiger partial charge in [0.15, 0.2) is 0 Å². The van der Waals surface area contributed by atoms with Crippen molar-refractivity contribution >= 4 is 17.8 Å². The van der Waals surface area contributed by atoms with Gasteiger partial charge in [-0.2, -0.15) is 0 Å². The van der Waals surface area contributed by atoms with Gasteiger partial charge < -0.3 is 15.5 Å². The van der Waals surface area contributed by atoms with Gasteiger partial charge >= 0.3 is 6.03 Å². The van der Waals surface area contributed by atoms with Crippen molar-refractivity contribution < 1.29 is 14.4 Å². The van der Waals surface area contributed by atoms with Crippen LogP contribution in [0.1, 0.15) is 34.1 Å². The predicted molar refractivity (Wildman–Crippen MR) is 79.7 cm³/mol. The summed E-state index contributed by atoms with van der Waals surface area (Å²) in [7, 11) is 0. The molecule has 0 atom stereocenters. The van der Waals surface area contributed by atoms with E-state index in [1.165, 1.54) is 0 Å². The van der Waals surface area contributed by atoms with Gasteiger partial charge in [-0.3, -0.25) is 14.5 Å². The Morgan fingerprint density at radius 3 is 2.38 bits per heavy atom. The van der Waals surface area contributed by atoms with Gasteiger partial charge in [0.05, 0.1) is 0 Å². The molecule has 4 amide bonds. The molecule has 1 heterocycles. The summed E-state index contributed by atoms with van der Waals surface area (Å²) in [5.41, 5.74) is -0.930. The molecule has 1 fully saturated rings. The second-order valence-corrected chi connectivity index (χ2v) is 5.68. The number of hydrogen-bond acceptors (Lipinski definition) is 4. The first-order valence-corrected chi connectivity index (χ1v) is 7.45. The first-order valence-electron chi connectivity index (χ1n) is 7.45. The number of hydrogen-bond donors (Lipinski definition) is 2. The molecule has 1 aliphatic heterocycles. The van der Waals surface area contributed by atoms with E-state index in [-0.39, 0.29) is 18.4 Å². The van der Waals surface area contributed by atoms with Crippen molar-refractivity contribution in [2.45, 2.75) is 39.7 Å². The highest BCUT2D eigenvalue weighted by molar-refractivity contribution is 6.08. The lowest BCUT2D eigenvalue weighted by Gasteiger charge is -2.18. The maximum absolute atomic E-state index is 11.9. The minimum Gasteiger partial charge on any atom is -0.354 e. The van der Waals surface area contributed by atoms with Crippen molar-refractivity contribution in [1.82, 2.24) is 20.4 Å². The zero-order valence-electron chi connectivity index (χ0n) is 13.4. The van der Waals surface area contributed by atoms with Crippen LogP contribution in [0.15, 0.2) is 0 Å². The summed E-state index contributed by atoms with van der Waals surface area (Å²) in [5, 5.41) is 5.29. The Bertz CT molecular complexity index is 405. The largest absolute Gasteiger partial charge is 0.354 e. The molecule has 0 unspecified atom stereocenters. The van der Waals surface area contributed by atoms with Crippen LogP contribution in [0.3, 0.4) is 0 Å². The molecule has 1 rings (SSSR count). The first kappa shape index (κ1) is 17.4. The van der Waals surface area contributed by atoms with Crippen LogP contribution in [-0.2, 0) is 9.59 Å². The van der Waals surface area contributed by atoms with Gasteiger partial charge in [0.25, 0.3) is 5.91 Å². The highest BCUT2D eigenvalue weighted by atomic mass is 16.2. The number of carbonyl (C=O) groups excluding carboxylic acids is 3. The molecule has 0 aromatic rings. The molecule has 1 saturated heterocycles. The number of rotatable bonds is 8. The van der Waals surface area contributed by atoms with Gasteiger partial charge in [0.1, 0.15) is 12.1 Å². The van der Waals surface area contributed by atoms with E-state index in [9.17, 15) is 14.4 Å². The molecule has 0 radical (unpaired) electrons. The highest BCUT2D eigenvalue weighted by Crippen LogP contribution is 2.15. The van der Waals surface area contributed by atoms with E-state index in [0.29, 0.717) is 6.54 Å². The highest BCUT2D eigenvalue weighted by Gasteiger charge is 2.44. The molecule has 0 aromatic heterocycles. The Kier molecular flexibility index (Phi) is 6.14. The van der Waals surface area contributed by atoms with E-state index in [1.54, 1.807) is 13.8 Å². The maximum Gasteiger partial charge on any atom is 0.325 e. The van der Waals surface area contributed by atoms with E-state index < -0.39 is 11.6 Å². The number of imide groups is 1. The number of urea groups is 1. The summed E-state index contributed by atoms with van der Waals surface area (Å²) < 4.78 is 0. The van der Waals surface area contributed by atoms with Crippen LogP contribution in [0.25, 0.3) is 0 Å². The Labute approximate surface area is 126 Å². The number of nitrogens with zero attached hydrogens (tertiary/aromatic N) is 2. The normalized spacial score (nSPS) is 17.3. The van der Waals surface area contributed by atoms with Crippen LogP contribution < -0.4 is 10.6 Å². The Balaban J connectivity index is 2.31. The van der Waals surface area contributed by atoms with Gasteiger partial charge in [-0.1, -0.05) is 13.8 Å². The lowest BCUT2D eigenvalue weighted by atomic mass is 10.1. The fraction of sp³-hybridized carbons (Fsp3) is 0.786. The van der Waals surface area contributed by atoms with E-state index in [1.807, 2.05) is 0 Å². The van der Waals surface area contributed by atoms with Crippen LogP contribution in [0.4, 0.5) is 4.79 Å². The third kappa shape index (κ3) is 4.70. The summed E-state index contributed by atoms with van der Waals surface area (Å²) in [6.07, 6.45) is 0.846. The second kappa shape index (κ2) is 7.40. The topological polar surface area (TPSA) is 81.8 Å². The Morgan fingerprint density at radius 2 is 1.90 bits per heavy atom. The van der Waals surface area contributed by atoms with Crippen molar-refractivity contribution in [3.8, 4) is 0 Å². The van der Waals surface area contributed by atoms with Gasteiger partial charge in [-0.25, -0.2) is 4.79 Å². The van der Waals surface area contributed by atoms with Crippen LogP contribution in [0.5, 0.6) is 0 Å². The molecule has 2 N–H and O–H groups in total. The molecular weight excluding hydrogens is 272 g/mol. The van der Waals surface area contributed by atoms with E-state index >= 15 is 0 Å². The van der Waals surface area contributed by atoms with Crippen molar-refractivity contribution in [2.75, 3.05) is 32.7 Å². The number of nitrogens with one attached hydrogen (secondary N) is 2. The van der Waals surface area contributed by atoms with Gasteiger partial charge in [-0.05, 0) is 39.9 Å². The van der Waals surface area contributed by atoms with Crippen molar-refractivity contribution in [2.24, 2.45) is 0 Å². The Hall–Kier alpha value is -1.63. The van der Waals surface area contributed by atoms with E-state index in [4.69, 9.17) is 0 Å². The number of carbonyl (C=O) groups is 3. The molecular formula is C14H26N4O3. The van der Waals surface area contributed by atoms with Crippen molar-refractivity contribution in [1.29, 1.82) is 0 Å². The van der Waals surface area contributed by atoms with Gasteiger partial charge in [0.2, 0.25) is 5.91 Å². The Morgan fingerprint density at radius 1 is 1.29 bits per heavy atom. The molecule has 0 saturated carbocycles. The van der Waals surface area contributed by atoms with E-state index in [0.717, 1.165) is 31.0 Å². The standard InChI is InChI=1S/C14H26N4O3/c1-5-17(6-2)9-7-8-15-11(19)10-18-12(20)14(3,4)16-13(18)21/h5-10H2,1-4H3,(H,15,19)(H,16,21). The molecule has 21 heavy (non-hydrogen) atoms. The fourth-order valence-electron chi connectivity index (χ4n) is 2.23. The molecule has 0 spiro atoms. The minimum absolute atomic E-state index is 0.223. The van der Waals surface area contributed by atoms with Crippen LogP contribution in [0, 0.1) is 0 Å². The van der Waals surface area contributed by atoms with Gasteiger partial charge in [-0.15, -0.1) is 0 Å². The summed E-state index contributed by atoms with van der Waals surface area (Å²) in [6, 6.07) is -0.511. The first-order chi connectivity index (χ1) is 9.81. The zero-order valence-corrected chi connectivity index (χ0v) is 13.4. The lowest BCUT2D eigenvalue weighted by molar-refractivity contribution is -0.134. The quantitative estimate of drug-likeness (QED) is 0.494. The molecule has 0 aromatic carbocycles. The molecule has 120 valence electrons. The zero-order chi connectivity index (χ0) is 16.0. The lowest BCUT2D eigenvalue weighted by Crippen LogP contribution is -2.43. The molecule has 7 nitrogen and oxygen atoms in total. The van der Waals surface area contributed by atoms with Crippen molar-refractivity contribution in [3.63, 3.8) is 0 Å². The van der Waals surface area contributed by atoms with Crippen molar-refractivity contribution in [3.05, 3.63) is 0 Å². The van der Waals surface area contributed by atoms with Gasteiger partial charge in [0, 0.05) is 6.54 Å². The molecule has 0 aliphatic carbocycles. The third-order valence-corrected chi connectivity index (χ3v) is 3.61. The molecule has 7 heteroatoms. The van der Waals surface area contributed by atoms with E-state index in [2.05, 4.69) is 29.4 Å². The predicted octanol–water partition coefficient (Wildman–Crippen LogP) is 0.165. The SMILES string of the molecule is CCN(CC)CCCNC(=O)CN1C(=O)NC(C)(C)C1=O. The summed E-state index contributed by atoms with van der Waals surface area (Å²) in [4.78, 5) is 38.6. The average Bonchev–Trinajstić information content (AvgIpc) is 2.61. The average molecular weight is 298 g/mol. The van der Waals surface area contributed by atoms with Crippen LogP contribution >= 0.6 is 0 Å². The van der Waals surface area contributed by atoms with Crippen LogP contribution in [-0.4, -0.2) is 65.9 Å². The smallest absolute Gasteiger partial charge is 0.325 e. The summed E-state index contributed by atoms with van der Waals surface area (Å²) in [5.74, 6) is -0.679. The minimum atomic E-state index is -0.930. The monoisotopic (exact) mass is 298 g/mol. The van der Waals surface area contributed by atoms with Crippen LogP contribution in [0.2, 0.25) is 0 Å². The fourth-order valence-corrected chi connectivity index (χ4v) is 2.23. The molecule has 0 bridgehead atoms. The molecule has 1 aliphatic rings.